The predicted octanol–water partition coefficient (Wildman–Crippen LogP) is 1.05. The van der Waals surface area contributed by atoms with Gasteiger partial charge in [0.1, 0.15) is 6.04 Å². The number of rotatable bonds is 6. The summed E-state index contributed by atoms with van der Waals surface area (Å²) in [6, 6.07) is 6.73. The number of aliphatic hydroxyl groups excluding tert-OH is 1. The van der Waals surface area contributed by atoms with Crippen molar-refractivity contribution in [3.8, 4) is 0 Å². The average Bonchev–Trinajstić information content (AvgIpc) is 3.30. The normalized spacial score (nSPS) is 16.1. The Morgan fingerprint density at radius 3 is 2.69 bits per heavy atom. The van der Waals surface area contributed by atoms with E-state index in [4.69, 9.17) is 5.11 Å². The van der Waals surface area contributed by atoms with Crippen LogP contribution in [0.25, 0.3) is 0 Å². The molecule has 0 saturated heterocycles. The number of nitrogens with one attached hydrogen (secondary N) is 1. The summed E-state index contributed by atoms with van der Waals surface area (Å²) in [7, 11) is 3.44. The summed E-state index contributed by atoms with van der Waals surface area (Å²) in [6.45, 7) is 0.363. The number of aliphatic hydroxyl groups is 1. The van der Waals surface area contributed by atoms with Crippen LogP contribution >= 0.6 is 0 Å². The Balaban J connectivity index is 1.45. The molecule has 1 aromatic carbocycles. The highest BCUT2D eigenvalue weighted by Crippen LogP contribution is 2.25. The van der Waals surface area contributed by atoms with Crippen molar-refractivity contribution in [1.82, 2.24) is 24.9 Å². The third-order valence-electron chi connectivity index (χ3n) is 5.70. The quantitative estimate of drug-likeness (QED) is 0.596. The van der Waals surface area contributed by atoms with Gasteiger partial charge in [-0.1, -0.05) is 24.3 Å². The monoisotopic (exact) mass is 440 g/mol. The van der Waals surface area contributed by atoms with Gasteiger partial charge >= 0.3 is 0 Å². The summed E-state index contributed by atoms with van der Waals surface area (Å²) < 4.78 is 17.5. The third-order valence-corrected chi connectivity index (χ3v) is 5.70. The van der Waals surface area contributed by atoms with Gasteiger partial charge in [-0.2, -0.15) is 10.2 Å². The molecular formula is C22H25FN6O3. The molecule has 9 nitrogen and oxygen atoms in total. The number of hydrogen-bond donors (Lipinski definition) is 2. The standard InChI is InChI=1S/C22H25FN6O3/c1-27-19-11-24-28(2)18(19)8-7-17(22(27)32)25-21(31)20-16(23)13-29(26-20)12-15-5-3-14(4-6-15)9-10-30/h3-6,11,13,17,30H,7-10,12H2,1-2H3,(H,25,31). The first kappa shape index (κ1) is 21.7. The topological polar surface area (TPSA) is 105 Å². The summed E-state index contributed by atoms with van der Waals surface area (Å²) in [6.07, 6.45) is 4.28. The van der Waals surface area contributed by atoms with Crippen LogP contribution in [0.15, 0.2) is 36.7 Å². The first-order valence-corrected chi connectivity index (χ1v) is 10.4. The van der Waals surface area contributed by atoms with E-state index in [1.54, 1.807) is 25.0 Å². The summed E-state index contributed by atoms with van der Waals surface area (Å²) in [5.74, 6) is -1.76. The van der Waals surface area contributed by atoms with Crippen molar-refractivity contribution in [2.24, 2.45) is 7.05 Å². The van der Waals surface area contributed by atoms with Crippen molar-refractivity contribution in [2.75, 3.05) is 18.6 Å². The molecule has 0 bridgehead atoms. The largest absolute Gasteiger partial charge is 0.396 e. The molecule has 3 heterocycles. The summed E-state index contributed by atoms with van der Waals surface area (Å²) >= 11 is 0. The van der Waals surface area contributed by atoms with E-state index in [1.807, 2.05) is 24.3 Å². The van der Waals surface area contributed by atoms with E-state index in [2.05, 4.69) is 15.5 Å². The van der Waals surface area contributed by atoms with Gasteiger partial charge in [0.05, 0.1) is 30.3 Å². The van der Waals surface area contributed by atoms with Crippen LogP contribution in [0.1, 0.15) is 33.7 Å². The van der Waals surface area contributed by atoms with Gasteiger partial charge in [0.2, 0.25) is 5.91 Å². The lowest BCUT2D eigenvalue weighted by Gasteiger charge is -2.20. The second-order valence-electron chi connectivity index (χ2n) is 7.88. The molecule has 3 aromatic rings. The van der Waals surface area contributed by atoms with Crippen LogP contribution in [0.5, 0.6) is 0 Å². The Bertz CT molecular complexity index is 1140. The van der Waals surface area contributed by atoms with Crippen molar-refractivity contribution in [3.05, 3.63) is 65.0 Å². The number of nitrogens with zero attached hydrogens (tertiary/aromatic N) is 5. The lowest BCUT2D eigenvalue weighted by Crippen LogP contribution is -2.47. The molecule has 2 amide bonds. The van der Waals surface area contributed by atoms with Gasteiger partial charge in [-0.25, -0.2) is 4.39 Å². The SMILES string of the molecule is CN1C(=O)C(NC(=O)c2nn(Cc3ccc(CCO)cc3)cc2F)CCc2c1cnn2C. The number of amides is 2. The second-order valence-corrected chi connectivity index (χ2v) is 7.88. The Morgan fingerprint density at radius 1 is 1.25 bits per heavy atom. The maximum absolute atomic E-state index is 14.5. The molecule has 32 heavy (non-hydrogen) atoms. The van der Waals surface area contributed by atoms with E-state index < -0.39 is 17.8 Å². The van der Waals surface area contributed by atoms with Gasteiger partial charge < -0.3 is 15.3 Å². The minimum atomic E-state index is -0.788. The number of likely N-dealkylation sites (N-methyl/N-ethyl adjacent to an activating group) is 1. The van der Waals surface area contributed by atoms with E-state index in [0.717, 1.165) is 16.8 Å². The molecule has 10 heteroatoms. The van der Waals surface area contributed by atoms with Crippen LogP contribution in [0, 0.1) is 5.82 Å². The Morgan fingerprint density at radius 2 is 1.97 bits per heavy atom. The van der Waals surface area contributed by atoms with Crippen LogP contribution < -0.4 is 10.2 Å². The highest BCUT2D eigenvalue weighted by Gasteiger charge is 2.32. The Kier molecular flexibility index (Phi) is 6.04. The molecule has 2 N–H and O–H groups in total. The molecule has 4 rings (SSSR count). The van der Waals surface area contributed by atoms with Gasteiger partial charge in [0.25, 0.3) is 5.91 Å². The molecule has 1 unspecified atom stereocenters. The van der Waals surface area contributed by atoms with Gasteiger partial charge in [0, 0.05) is 20.7 Å². The fourth-order valence-corrected chi connectivity index (χ4v) is 3.90. The van der Waals surface area contributed by atoms with Crippen molar-refractivity contribution in [3.63, 3.8) is 0 Å². The number of carbonyl (C=O) groups is 2. The number of benzene rings is 1. The molecular weight excluding hydrogens is 415 g/mol. The lowest BCUT2D eigenvalue weighted by molar-refractivity contribution is -0.120. The van der Waals surface area contributed by atoms with E-state index in [1.165, 1.54) is 15.8 Å². The zero-order chi connectivity index (χ0) is 22.8. The van der Waals surface area contributed by atoms with Crippen LogP contribution in [-0.2, 0) is 31.2 Å². The van der Waals surface area contributed by atoms with Gasteiger partial charge in [-0.3, -0.25) is 19.0 Å². The summed E-state index contributed by atoms with van der Waals surface area (Å²) in [5.41, 5.74) is 3.14. The zero-order valence-electron chi connectivity index (χ0n) is 18.0. The summed E-state index contributed by atoms with van der Waals surface area (Å²) in [4.78, 5) is 27.0. The maximum Gasteiger partial charge on any atom is 0.275 e. The molecule has 1 aliphatic rings. The molecule has 1 atom stereocenters. The first-order chi connectivity index (χ1) is 15.4. The van der Waals surface area contributed by atoms with E-state index in [-0.39, 0.29) is 24.8 Å². The Labute approximate surface area is 184 Å². The fraction of sp³-hybridized carbons (Fsp3) is 0.364. The van der Waals surface area contributed by atoms with Crippen molar-refractivity contribution >= 4 is 17.5 Å². The minimum Gasteiger partial charge on any atom is -0.396 e. The third kappa shape index (κ3) is 4.26. The Hall–Kier alpha value is -3.53. The first-order valence-electron chi connectivity index (χ1n) is 10.4. The van der Waals surface area contributed by atoms with Crippen LogP contribution in [0.2, 0.25) is 0 Å². The number of fused-ring (bicyclic) bond motifs is 1. The van der Waals surface area contributed by atoms with Crippen LogP contribution in [0.4, 0.5) is 10.1 Å². The number of carbonyl (C=O) groups excluding carboxylic acids is 2. The van der Waals surface area contributed by atoms with Gasteiger partial charge in [-0.15, -0.1) is 0 Å². The van der Waals surface area contributed by atoms with E-state index >= 15 is 0 Å². The molecule has 1 aliphatic heterocycles. The predicted molar refractivity (Wildman–Crippen MR) is 115 cm³/mol. The second kappa shape index (κ2) is 8.91. The number of aromatic nitrogens is 4. The zero-order valence-corrected chi connectivity index (χ0v) is 18.0. The molecule has 0 spiro atoms. The molecule has 0 aliphatic carbocycles. The highest BCUT2D eigenvalue weighted by atomic mass is 19.1. The van der Waals surface area contributed by atoms with Gasteiger partial charge in [0.15, 0.2) is 11.5 Å². The van der Waals surface area contributed by atoms with E-state index in [9.17, 15) is 14.0 Å². The summed E-state index contributed by atoms with van der Waals surface area (Å²) in [5, 5.41) is 19.9. The van der Waals surface area contributed by atoms with Gasteiger partial charge in [-0.05, 0) is 30.4 Å². The van der Waals surface area contributed by atoms with Crippen molar-refractivity contribution in [1.29, 1.82) is 0 Å². The molecule has 0 saturated carbocycles. The number of halogens is 1. The molecule has 0 fully saturated rings. The lowest BCUT2D eigenvalue weighted by atomic mass is 10.1. The van der Waals surface area contributed by atoms with Crippen molar-refractivity contribution < 1.29 is 19.1 Å². The molecule has 168 valence electrons. The number of anilines is 1. The highest BCUT2D eigenvalue weighted by molar-refractivity contribution is 6.02. The number of hydrogen-bond acceptors (Lipinski definition) is 5. The average molecular weight is 440 g/mol. The van der Waals surface area contributed by atoms with Crippen molar-refractivity contribution in [2.45, 2.75) is 31.8 Å². The number of aryl methyl sites for hydroxylation is 1. The maximum atomic E-state index is 14.5. The van der Waals surface area contributed by atoms with Crippen LogP contribution in [-0.4, -0.2) is 56.2 Å². The fourth-order valence-electron chi connectivity index (χ4n) is 3.90. The molecule has 0 radical (unpaired) electrons. The smallest absolute Gasteiger partial charge is 0.275 e. The molecule has 2 aromatic heterocycles. The minimum absolute atomic E-state index is 0.0739. The van der Waals surface area contributed by atoms with E-state index in [0.29, 0.717) is 24.9 Å². The van der Waals surface area contributed by atoms with Crippen LogP contribution in [0.3, 0.4) is 0 Å².